The Kier molecular flexibility index (Phi) is 4.58. The molecular weight excluding hydrogens is 144 g/mol. The fourth-order valence-electron chi connectivity index (χ4n) is 0.460. The van der Waals surface area contributed by atoms with Gasteiger partial charge in [-0.15, -0.1) is 12.3 Å². The molecule has 4 heteroatoms. The van der Waals surface area contributed by atoms with Gasteiger partial charge in [0.1, 0.15) is 0 Å². The summed E-state index contributed by atoms with van der Waals surface area (Å²) in [4.78, 5) is 20.8. The largest absolute Gasteiger partial charge is 0.368 e. The van der Waals surface area contributed by atoms with Crippen molar-refractivity contribution < 1.29 is 9.59 Å². The lowest BCUT2D eigenvalue weighted by Gasteiger charge is -1.98. The Morgan fingerprint density at radius 2 is 2.18 bits per heavy atom. The van der Waals surface area contributed by atoms with E-state index in [4.69, 9.17) is 12.2 Å². The van der Waals surface area contributed by atoms with E-state index in [2.05, 4.69) is 11.2 Å². The zero-order valence-corrected chi connectivity index (χ0v) is 6.09. The summed E-state index contributed by atoms with van der Waals surface area (Å²) in [5.74, 6) is 1.50. The second kappa shape index (κ2) is 5.30. The van der Waals surface area contributed by atoms with Crippen molar-refractivity contribution in [2.24, 2.45) is 5.73 Å². The third-order valence-electron chi connectivity index (χ3n) is 0.956. The molecule has 0 bridgehead atoms. The van der Waals surface area contributed by atoms with Crippen LogP contribution in [0.3, 0.4) is 0 Å². The minimum absolute atomic E-state index is 0.122. The van der Waals surface area contributed by atoms with E-state index in [0.29, 0.717) is 6.42 Å². The van der Waals surface area contributed by atoms with Crippen LogP contribution in [0.5, 0.6) is 0 Å². The van der Waals surface area contributed by atoms with Crippen molar-refractivity contribution in [3.8, 4) is 12.3 Å². The Bertz CT molecular complexity index is 193. The third-order valence-corrected chi connectivity index (χ3v) is 0.956. The molecule has 4 nitrogen and oxygen atoms in total. The molecule has 60 valence electrons. The Balaban J connectivity index is 3.39. The first-order valence-electron chi connectivity index (χ1n) is 3.15. The number of terminal acetylenes is 1. The molecule has 0 radical (unpaired) electrons. The molecule has 0 aromatic rings. The lowest BCUT2D eigenvalue weighted by Crippen LogP contribution is -2.32. The summed E-state index contributed by atoms with van der Waals surface area (Å²) in [7, 11) is 0. The smallest absolute Gasteiger partial charge is 0.236 e. The van der Waals surface area contributed by atoms with Crippen LogP contribution in [0.15, 0.2) is 0 Å². The van der Waals surface area contributed by atoms with Crippen LogP contribution >= 0.6 is 0 Å². The Morgan fingerprint density at radius 1 is 1.55 bits per heavy atom. The van der Waals surface area contributed by atoms with Gasteiger partial charge in [0.05, 0.1) is 6.54 Å². The maximum atomic E-state index is 10.7. The summed E-state index contributed by atoms with van der Waals surface area (Å²) >= 11 is 0. The number of nitrogens with two attached hydrogens (primary N) is 1. The number of nitrogens with one attached hydrogen (secondary N) is 1. The van der Waals surface area contributed by atoms with E-state index in [9.17, 15) is 9.59 Å². The summed E-state index contributed by atoms with van der Waals surface area (Å²) in [5.41, 5.74) is 4.78. The fourth-order valence-corrected chi connectivity index (χ4v) is 0.460. The second-order valence-electron chi connectivity index (χ2n) is 1.95. The van der Waals surface area contributed by atoms with Gasteiger partial charge in [0.2, 0.25) is 11.8 Å². The van der Waals surface area contributed by atoms with E-state index >= 15 is 0 Å². The lowest BCUT2D eigenvalue weighted by molar-refractivity contribution is -0.124. The summed E-state index contributed by atoms with van der Waals surface area (Å²) in [6, 6.07) is 0. The highest BCUT2D eigenvalue weighted by Gasteiger charge is 1.99. The van der Waals surface area contributed by atoms with Crippen molar-refractivity contribution in [2.75, 3.05) is 6.54 Å². The SMILES string of the molecule is C#CCCC(=O)NCC(N)=O. The van der Waals surface area contributed by atoms with Gasteiger partial charge in [-0.2, -0.15) is 0 Å². The first-order valence-corrected chi connectivity index (χ1v) is 3.15. The van der Waals surface area contributed by atoms with Crippen LogP contribution in [0, 0.1) is 12.3 Å². The van der Waals surface area contributed by atoms with E-state index in [1.54, 1.807) is 0 Å². The van der Waals surface area contributed by atoms with Gasteiger partial charge in [-0.1, -0.05) is 0 Å². The molecule has 0 heterocycles. The molecule has 3 N–H and O–H groups in total. The zero-order valence-electron chi connectivity index (χ0n) is 6.09. The quantitative estimate of drug-likeness (QED) is 0.510. The molecule has 0 atom stereocenters. The standard InChI is InChI=1S/C7H10N2O2/c1-2-3-4-7(11)9-5-6(8)10/h1H,3-5H2,(H2,8,10)(H,9,11). The maximum absolute atomic E-state index is 10.7. The monoisotopic (exact) mass is 154 g/mol. The predicted octanol–water partition coefficient (Wildman–Crippen LogP) is -0.999. The maximum Gasteiger partial charge on any atom is 0.236 e. The predicted molar refractivity (Wildman–Crippen MR) is 40.3 cm³/mol. The van der Waals surface area contributed by atoms with E-state index in [1.807, 2.05) is 0 Å². The molecule has 0 aliphatic carbocycles. The highest BCUT2D eigenvalue weighted by molar-refractivity contribution is 5.83. The number of hydrogen-bond donors (Lipinski definition) is 2. The molecule has 11 heavy (non-hydrogen) atoms. The molecular formula is C7H10N2O2. The van der Waals surface area contributed by atoms with Gasteiger partial charge in [0, 0.05) is 12.8 Å². The van der Waals surface area contributed by atoms with Crippen LogP contribution in [0.2, 0.25) is 0 Å². The Morgan fingerprint density at radius 3 is 2.64 bits per heavy atom. The van der Waals surface area contributed by atoms with Crippen molar-refractivity contribution in [1.82, 2.24) is 5.32 Å². The number of carbonyl (C=O) groups excluding carboxylic acids is 2. The van der Waals surface area contributed by atoms with Crippen molar-refractivity contribution in [3.63, 3.8) is 0 Å². The topological polar surface area (TPSA) is 72.2 Å². The Hall–Kier alpha value is -1.50. The third kappa shape index (κ3) is 6.38. The molecule has 0 fully saturated rings. The van der Waals surface area contributed by atoms with Crippen LogP contribution in [-0.2, 0) is 9.59 Å². The van der Waals surface area contributed by atoms with Crippen LogP contribution in [0.25, 0.3) is 0 Å². The molecule has 0 saturated carbocycles. The molecule has 0 aromatic heterocycles. The normalized spacial score (nSPS) is 8.27. The molecule has 0 spiro atoms. The summed E-state index contributed by atoms with van der Waals surface area (Å²) in [5, 5.41) is 2.31. The molecule has 0 aromatic carbocycles. The molecule has 0 aliphatic heterocycles. The van der Waals surface area contributed by atoms with Crippen molar-refractivity contribution in [1.29, 1.82) is 0 Å². The average Bonchev–Trinajstić information content (AvgIpc) is 1.97. The fraction of sp³-hybridized carbons (Fsp3) is 0.429. The minimum Gasteiger partial charge on any atom is -0.368 e. The van der Waals surface area contributed by atoms with Crippen LogP contribution in [-0.4, -0.2) is 18.4 Å². The van der Waals surface area contributed by atoms with Crippen molar-refractivity contribution in [2.45, 2.75) is 12.8 Å². The summed E-state index contributed by atoms with van der Waals surface area (Å²) < 4.78 is 0. The average molecular weight is 154 g/mol. The van der Waals surface area contributed by atoms with Gasteiger partial charge in [0.15, 0.2) is 0 Å². The second-order valence-corrected chi connectivity index (χ2v) is 1.95. The zero-order chi connectivity index (χ0) is 8.69. The molecule has 0 saturated heterocycles. The Labute approximate surface area is 65.1 Å². The number of amides is 2. The van der Waals surface area contributed by atoms with Crippen LogP contribution in [0.4, 0.5) is 0 Å². The van der Waals surface area contributed by atoms with Crippen LogP contribution in [0.1, 0.15) is 12.8 Å². The molecule has 0 aliphatic rings. The van der Waals surface area contributed by atoms with Crippen molar-refractivity contribution >= 4 is 11.8 Å². The van der Waals surface area contributed by atoms with E-state index in [0.717, 1.165) is 0 Å². The lowest BCUT2D eigenvalue weighted by atomic mass is 10.3. The number of rotatable bonds is 4. The van der Waals surface area contributed by atoms with Gasteiger partial charge >= 0.3 is 0 Å². The van der Waals surface area contributed by atoms with Gasteiger partial charge < -0.3 is 11.1 Å². The van der Waals surface area contributed by atoms with Gasteiger partial charge in [-0.05, 0) is 0 Å². The first-order chi connectivity index (χ1) is 5.16. The summed E-state index contributed by atoms with van der Waals surface area (Å²) in [6.45, 7) is -0.122. The highest BCUT2D eigenvalue weighted by atomic mass is 16.2. The number of hydrogen-bond acceptors (Lipinski definition) is 2. The van der Waals surface area contributed by atoms with E-state index in [1.165, 1.54) is 0 Å². The van der Waals surface area contributed by atoms with Gasteiger partial charge in [-0.3, -0.25) is 9.59 Å². The van der Waals surface area contributed by atoms with Crippen LogP contribution < -0.4 is 11.1 Å². The molecule has 2 amide bonds. The van der Waals surface area contributed by atoms with Gasteiger partial charge in [0.25, 0.3) is 0 Å². The number of carbonyl (C=O) groups is 2. The van der Waals surface area contributed by atoms with E-state index < -0.39 is 5.91 Å². The highest BCUT2D eigenvalue weighted by Crippen LogP contribution is 1.84. The number of primary amides is 1. The summed E-state index contributed by atoms with van der Waals surface area (Å²) in [6.07, 6.45) is 5.53. The minimum atomic E-state index is -0.556. The van der Waals surface area contributed by atoms with Gasteiger partial charge in [-0.25, -0.2) is 0 Å². The van der Waals surface area contributed by atoms with Crippen molar-refractivity contribution in [3.05, 3.63) is 0 Å². The first kappa shape index (κ1) is 9.50. The molecule has 0 rings (SSSR count). The molecule has 0 unspecified atom stereocenters. The van der Waals surface area contributed by atoms with E-state index in [-0.39, 0.29) is 18.9 Å².